The molecule has 0 saturated heterocycles. The topological polar surface area (TPSA) is 60.6 Å². The zero-order valence-corrected chi connectivity index (χ0v) is 12.1. The van der Waals surface area contributed by atoms with Crippen LogP contribution in [0.15, 0.2) is 12.3 Å². The molecule has 19 heavy (non-hydrogen) atoms. The molecule has 0 radical (unpaired) electrons. The van der Waals surface area contributed by atoms with Gasteiger partial charge in [-0.1, -0.05) is 19.1 Å². The molecule has 0 amide bonds. The van der Waals surface area contributed by atoms with Gasteiger partial charge in [0.2, 0.25) is 0 Å². The normalized spacial score (nSPS) is 11.4. The van der Waals surface area contributed by atoms with E-state index in [9.17, 15) is 0 Å². The van der Waals surface area contributed by atoms with Crippen LogP contribution in [-0.4, -0.2) is 30.8 Å². The second kappa shape index (κ2) is 5.97. The maximum atomic E-state index is 4.43. The largest absolute Gasteiger partial charge is 0.309 e. The molecule has 2 heterocycles. The van der Waals surface area contributed by atoms with Crippen LogP contribution in [-0.2, 0) is 19.6 Å². The predicted molar refractivity (Wildman–Crippen MR) is 73.7 cm³/mol. The van der Waals surface area contributed by atoms with Gasteiger partial charge in [0.1, 0.15) is 0 Å². The Morgan fingerprint density at radius 1 is 1.37 bits per heavy atom. The zero-order valence-electron chi connectivity index (χ0n) is 12.1. The molecule has 1 N–H and O–H groups in total. The van der Waals surface area contributed by atoms with Gasteiger partial charge in [-0.15, -0.1) is 5.10 Å². The second-order valence-electron chi connectivity index (χ2n) is 5.04. The minimum atomic E-state index is 0.453. The van der Waals surface area contributed by atoms with Gasteiger partial charge >= 0.3 is 0 Å². The third-order valence-electron chi connectivity index (χ3n) is 2.89. The van der Waals surface area contributed by atoms with Gasteiger partial charge in [0, 0.05) is 19.1 Å². The maximum Gasteiger partial charge on any atom is 0.0965 e. The van der Waals surface area contributed by atoms with E-state index in [1.54, 1.807) is 0 Å². The summed E-state index contributed by atoms with van der Waals surface area (Å²) in [5, 5.41) is 16.1. The Bertz CT molecular complexity index is 525. The molecule has 0 unspecified atom stereocenters. The number of hydrogen-bond acceptors (Lipinski definition) is 4. The van der Waals surface area contributed by atoms with Gasteiger partial charge < -0.3 is 5.32 Å². The molecule has 0 bridgehead atoms. The van der Waals surface area contributed by atoms with E-state index < -0.39 is 0 Å². The molecule has 2 aromatic heterocycles. The predicted octanol–water partition coefficient (Wildman–Crippen LogP) is 1.35. The average molecular weight is 262 g/mol. The highest BCUT2D eigenvalue weighted by Gasteiger charge is 2.07. The summed E-state index contributed by atoms with van der Waals surface area (Å²) >= 11 is 0. The van der Waals surface area contributed by atoms with Crippen LogP contribution >= 0.6 is 0 Å². The highest BCUT2D eigenvalue weighted by Crippen LogP contribution is 2.06. The highest BCUT2D eigenvalue weighted by atomic mass is 15.4. The Labute approximate surface area is 113 Å². The summed E-state index contributed by atoms with van der Waals surface area (Å²) in [4.78, 5) is 0. The fourth-order valence-corrected chi connectivity index (χ4v) is 1.97. The molecule has 0 aromatic carbocycles. The number of nitrogens with one attached hydrogen (secondary N) is 1. The fourth-order valence-electron chi connectivity index (χ4n) is 1.97. The quantitative estimate of drug-likeness (QED) is 0.853. The van der Waals surface area contributed by atoms with Crippen molar-refractivity contribution in [1.82, 2.24) is 30.1 Å². The lowest BCUT2D eigenvalue weighted by Crippen LogP contribution is -2.21. The van der Waals surface area contributed by atoms with Gasteiger partial charge in [0.25, 0.3) is 0 Å². The summed E-state index contributed by atoms with van der Waals surface area (Å²) in [6.45, 7) is 10.7. The van der Waals surface area contributed by atoms with E-state index in [1.807, 2.05) is 22.5 Å². The van der Waals surface area contributed by atoms with E-state index in [2.05, 4.69) is 47.6 Å². The standard InChI is InChI=1S/C13H22N6/c1-5-19-13(6-11(4)16-19)9-18-8-12(15-17-18)7-14-10(2)3/h6,8,10,14H,5,7,9H2,1-4H3. The van der Waals surface area contributed by atoms with Crippen molar-refractivity contribution in [3.63, 3.8) is 0 Å². The highest BCUT2D eigenvalue weighted by molar-refractivity contribution is 5.09. The number of hydrogen-bond donors (Lipinski definition) is 1. The first-order valence-corrected chi connectivity index (χ1v) is 6.74. The number of aryl methyl sites for hydroxylation is 2. The molecule has 0 atom stereocenters. The fraction of sp³-hybridized carbons (Fsp3) is 0.615. The van der Waals surface area contributed by atoms with Crippen LogP contribution in [0.4, 0.5) is 0 Å². The summed E-state index contributed by atoms with van der Waals surface area (Å²) in [5.74, 6) is 0. The van der Waals surface area contributed by atoms with Gasteiger partial charge in [-0.2, -0.15) is 5.10 Å². The first-order chi connectivity index (χ1) is 9.08. The Hall–Kier alpha value is -1.69. The zero-order chi connectivity index (χ0) is 13.8. The van der Waals surface area contributed by atoms with E-state index >= 15 is 0 Å². The molecular weight excluding hydrogens is 240 g/mol. The molecule has 0 fully saturated rings. The van der Waals surface area contributed by atoms with Crippen LogP contribution in [0.25, 0.3) is 0 Å². The van der Waals surface area contributed by atoms with Crippen molar-refractivity contribution in [2.45, 2.75) is 53.4 Å². The van der Waals surface area contributed by atoms with Crippen molar-refractivity contribution in [3.8, 4) is 0 Å². The average Bonchev–Trinajstić information content (AvgIpc) is 2.94. The van der Waals surface area contributed by atoms with Crippen LogP contribution < -0.4 is 5.32 Å². The van der Waals surface area contributed by atoms with Gasteiger partial charge in [-0.05, 0) is 19.9 Å². The van der Waals surface area contributed by atoms with Crippen molar-refractivity contribution in [2.75, 3.05) is 0 Å². The molecule has 0 saturated carbocycles. The van der Waals surface area contributed by atoms with Crippen LogP contribution in [0, 0.1) is 6.92 Å². The van der Waals surface area contributed by atoms with Gasteiger partial charge in [0.05, 0.1) is 29.8 Å². The van der Waals surface area contributed by atoms with E-state index in [4.69, 9.17) is 0 Å². The monoisotopic (exact) mass is 262 g/mol. The Balaban J connectivity index is 2.03. The van der Waals surface area contributed by atoms with Gasteiger partial charge in [0.15, 0.2) is 0 Å². The Morgan fingerprint density at radius 2 is 2.16 bits per heavy atom. The Kier molecular flexibility index (Phi) is 4.31. The molecule has 0 spiro atoms. The third-order valence-corrected chi connectivity index (χ3v) is 2.89. The van der Waals surface area contributed by atoms with Crippen LogP contribution in [0.1, 0.15) is 37.9 Å². The molecule has 6 nitrogen and oxygen atoms in total. The lowest BCUT2D eigenvalue weighted by Gasteiger charge is -2.04. The summed E-state index contributed by atoms with van der Waals surface area (Å²) in [5.41, 5.74) is 3.17. The van der Waals surface area contributed by atoms with Crippen molar-refractivity contribution < 1.29 is 0 Å². The SMILES string of the molecule is CCn1nc(C)cc1Cn1cc(CNC(C)C)nn1. The van der Waals surface area contributed by atoms with Gasteiger partial charge in [-0.25, -0.2) is 4.68 Å². The lowest BCUT2D eigenvalue weighted by atomic mass is 10.3. The summed E-state index contributed by atoms with van der Waals surface area (Å²) in [6, 6.07) is 2.55. The van der Waals surface area contributed by atoms with Gasteiger partial charge in [-0.3, -0.25) is 4.68 Å². The molecule has 6 heteroatoms. The van der Waals surface area contributed by atoms with E-state index in [-0.39, 0.29) is 0 Å². The smallest absolute Gasteiger partial charge is 0.0965 e. The lowest BCUT2D eigenvalue weighted by molar-refractivity contribution is 0.564. The minimum absolute atomic E-state index is 0.453. The minimum Gasteiger partial charge on any atom is -0.309 e. The first kappa shape index (κ1) is 13.7. The third kappa shape index (κ3) is 3.64. The molecule has 2 rings (SSSR count). The second-order valence-corrected chi connectivity index (χ2v) is 5.04. The molecule has 104 valence electrons. The van der Waals surface area contributed by atoms with E-state index in [1.165, 1.54) is 0 Å². The van der Waals surface area contributed by atoms with Crippen molar-refractivity contribution in [3.05, 3.63) is 29.3 Å². The van der Waals surface area contributed by atoms with E-state index in [0.29, 0.717) is 12.6 Å². The summed E-state index contributed by atoms with van der Waals surface area (Å²) < 4.78 is 3.86. The van der Waals surface area contributed by atoms with Crippen molar-refractivity contribution in [2.24, 2.45) is 0 Å². The number of nitrogens with zero attached hydrogens (tertiary/aromatic N) is 5. The molecule has 2 aromatic rings. The summed E-state index contributed by atoms with van der Waals surface area (Å²) in [6.07, 6.45) is 1.98. The van der Waals surface area contributed by atoms with Crippen LogP contribution in [0.3, 0.4) is 0 Å². The maximum absolute atomic E-state index is 4.43. The molecule has 0 aliphatic heterocycles. The number of rotatable bonds is 6. The van der Waals surface area contributed by atoms with Crippen LogP contribution in [0.2, 0.25) is 0 Å². The molecule has 0 aliphatic rings. The first-order valence-electron chi connectivity index (χ1n) is 6.74. The molecular formula is C13H22N6. The van der Waals surface area contributed by atoms with Crippen molar-refractivity contribution in [1.29, 1.82) is 0 Å². The van der Waals surface area contributed by atoms with E-state index in [0.717, 1.165) is 30.2 Å². The summed E-state index contributed by atoms with van der Waals surface area (Å²) in [7, 11) is 0. The van der Waals surface area contributed by atoms with Crippen LogP contribution in [0.5, 0.6) is 0 Å². The van der Waals surface area contributed by atoms with Crippen molar-refractivity contribution >= 4 is 0 Å². The molecule has 0 aliphatic carbocycles. The number of aromatic nitrogens is 5. The Morgan fingerprint density at radius 3 is 2.84 bits per heavy atom.